The maximum absolute atomic E-state index is 4.36. The molecule has 0 spiro atoms. The number of rotatable bonds is 3. The summed E-state index contributed by atoms with van der Waals surface area (Å²) < 4.78 is 0. The fourth-order valence-electron chi connectivity index (χ4n) is 1.47. The van der Waals surface area contributed by atoms with Gasteiger partial charge in [-0.05, 0) is 35.2 Å². The molecule has 0 aromatic carbocycles. The Kier molecular flexibility index (Phi) is 2.98. The molecule has 1 aromatic rings. The van der Waals surface area contributed by atoms with Crippen LogP contribution in [0.4, 0.5) is 0 Å². The first-order valence-corrected chi connectivity index (χ1v) is 5.68. The van der Waals surface area contributed by atoms with Gasteiger partial charge in [0.1, 0.15) is 0 Å². The number of nitrogens with zero attached hydrogens (tertiary/aromatic N) is 1. The fraction of sp³-hybridized carbons (Fsp3) is 0.500. The Morgan fingerprint density at radius 1 is 1.54 bits per heavy atom. The van der Waals surface area contributed by atoms with Crippen LogP contribution in [0, 0.1) is 0 Å². The molecule has 1 aromatic heterocycles. The lowest BCUT2D eigenvalue weighted by Gasteiger charge is -2.03. The molecule has 0 atom stereocenters. The number of aliphatic imine (C=N–C) groups is 1. The molecule has 0 fully saturated rings. The van der Waals surface area contributed by atoms with Gasteiger partial charge in [-0.15, -0.1) is 0 Å². The van der Waals surface area contributed by atoms with E-state index in [0.717, 1.165) is 25.9 Å². The maximum Gasteiger partial charge on any atom is 0.0963 e. The third-order valence-electron chi connectivity index (χ3n) is 2.20. The summed E-state index contributed by atoms with van der Waals surface area (Å²) in [6.07, 6.45) is 3.48. The second kappa shape index (κ2) is 4.42. The average Bonchev–Trinajstić information content (AvgIpc) is 2.75. The Bertz CT molecular complexity index is 277. The van der Waals surface area contributed by atoms with Crippen molar-refractivity contribution in [2.75, 3.05) is 13.1 Å². The van der Waals surface area contributed by atoms with E-state index in [1.807, 2.05) is 0 Å². The number of thiophene rings is 1. The van der Waals surface area contributed by atoms with Gasteiger partial charge in [0.15, 0.2) is 0 Å². The molecule has 1 N–H and O–H groups in total. The lowest BCUT2D eigenvalue weighted by molar-refractivity contribution is 0.854. The summed E-state index contributed by atoms with van der Waals surface area (Å²) in [5.41, 5.74) is 1.43. The van der Waals surface area contributed by atoms with Crippen LogP contribution >= 0.6 is 11.3 Å². The summed E-state index contributed by atoms with van der Waals surface area (Å²) in [6, 6.07) is 2.18. The third kappa shape index (κ3) is 2.56. The van der Waals surface area contributed by atoms with E-state index in [1.165, 1.54) is 17.8 Å². The van der Waals surface area contributed by atoms with Crippen molar-refractivity contribution >= 4 is 17.2 Å². The van der Waals surface area contributed by atoms with E-state index in [2.05, 4.69) is 27.1 Å². The van der Waals surface area contributed by atoms with E-state index >= 15 is 0 Å². The van der Waals surface area contributed by atoms with Crippen LogP contribution in [0.5, 0.6) is 0 Å². The minimum absolute atomic E-state index is 1.01. The molecular formula is C10H14N2S. The number of nitrogens with one attached hydrogen (secondary N) is 1. The van der Waals surface area contributed by atoms with Crippen molar-refractivity contribution in [3.8, 4) is 0 Å². The summed E-state index contributed by atoms with van der Waals surface area (Å²) >= 11 is 1.76. The predicted octanol–water partition coefficient (Wildman–Crippen LogP) is 2.07. The predicted molar refractivity (Wildman–Crippen MR) is 57.6 cm³/mol. The van der Waals surface area contributed by atoms with E-state index in [4.69, 9.17) is 0 Å². The summed E-state index contributed by atoms with van der Waals surface area (Å²) in [5.74, 6) is 1.20. The van der Waals surface area contributed by atoms with Gasteiger partial charge < -0.3 is 5.32 Å². The Morgan fingerprint density at radius 3 is 3.23 bits per heavy atom. The second-order valence-corrected chi connectivity index (χ2v) is 4.02. The molecule has 1 aliphatic rings. The first-order valence-electron chi connectivity index (χ1n) is 4.73. The molecule has 0 radical (unpaired) electrons. The highest BCUT2D eigenvalue weighted by Gasteiger charge is 2.04. The SMILES string of the molecule is c1cc(CCNC2=NCCC2)cs1. The van der Waals surface area contributed by atoms with Crippen molar-refractivity contribution in [1.82, 2.24) is 5.32 Å². The highest BCUT2D eigenvalue weighted by molar-refractivity contribution is 7.07. The third-order valence-corrected chi connectivity index (χ3v) is 2.93. The normalized spacial score (nSPS) is 15.8. The number of amidine groups is 1. The molecule has 0 aliphatic carbocycles. The van der Waals surface area contributed by atoms with Crippen molar-refractivity contribution in [2.24, 2.45) is 4.99 Å². The molecule has 0 bridgehead atoms. The van der Waals surface area contributed by atoms with E-state index in [9.17, 15) is 0 Å². The van der Waals surface area contributed by atoms with Gasteiger partial charge in [-0.3, -0.25) is 4.99 Å². The molecule has 0 saturated heterocycles. The van der Waals surface area contributed by atoms with Crippen molar-refractivity contribution in [2.45, 2.75) is 19.3 Å². The van der Waals surface area contributed by atoms with Crippen LogP contribution in [0.25, 0.3) is 0 Å². The zero-order valence-corrected chi connectivity index (χ0v) is 8.44. The Labute approximate surface area is 82.7 Å². The number of hydrogen-bond acceptors (Lipinski definition) is 3. The lowest BCUT2D eigenvalue weighted by atomic mass is 10.2. The van der Waals surface area contributed by atoms with Crippen molar-refractivity contribution in [3.05, 3.63) is 22.4 Å². The molecule has 13 heavy (non-hydrogen) atoms. The van der Waals surface area contributed by atoms with Gasteiger partial charge in [0, 0.05) is 19.5 Å². The summed E-state index contributed by atoms with van der Waals surface area (Å²) in [6.45, 7) is 2.04. The largest absolute Gasteiger partial charge is 0.374 e. The second-order valence-electron chi connectivity index (χ2n) is 3.24. The maximum atomic E-state index is 4.36. The van der Waals surface area contributed by atoms with Crippen LogP contribution < -0.4 is 5.32 Å². The van der Waals surface area contributed by atoms with Crippen molar-refractivity contribution in [1.29, 1.82) is 0 Å². The molecule has 2 nitrogen and oxygen atoms in total. The molecule has 2 heterocycles. The van der Waals surface area contributed by atoms with Crippen LogP contribution in [0.1, 0.15) is 18.4 Å². The minimum Gasteiger partial charge on any atom is -0.374 e. The molecule has 0 unspecified atom stereocenters. The van der Waals surface area contributed by atoms with E-state index in [1.54, 1.807) is 11.3 Å². The van der Waals surface area contributed by atoms with Crippen LogP contribution in [-0.2, 0) is 6.42 Å². The molecule has 1 aliphatic heterocycles. The first kappa shape index (κ1) is 8.75. The molecule has 2 rings (SSSR count). The molecule has 3 heteroatoms. The van der Waals surface area contributed by atoms with E-state index < -0.39 is 0 Å². The zero-order valence-electron chi connectivity index (χ0n) is 7.62. The van der Waals surface area contributed by atoms with Gasteiger partial charge in [-0.25, -0.2) is 0 Å². The molecule has 0 saturated carbocycles. The summed E-state index contributed by atoms with van der Waals surface area (Å²) in [5, 5.41) is 7.71. The Hall–Kier alpha value is -0.830. The van der Waals surface area contributed by atoms with Gasteiger partial charge in [-0.1, -0.05) is 0 Å². The van der Waals surface area contributed by atoms with Gasteiger partial charge in [-0.2, -0.15) is 11.3 Å². The zero-order chi connectivity index (χ0) is 8.93. The monoisotopic (exact) mass is 194 g/mol. The summed E-state index contributed by atoms with van der Waals surface area (Å²) in [4.78, 5) is 4.36. The fourth-order valence-corrected chi connectivity index (χ4v) is 2.17. The van der Waals surface area contributed by atoms with Crippen LogP contribution in [0.2, 0.25) is 0 Å². The highest BCUT2D eigenvalue weighted by Crippen LogP contribution is 2.06. The van der Waals surface area contributed by atoms with Crippen molar-refractivity contribution in [3.63, 3.8) is 0 Å². The van der Waals surface area contributed by atoms with Gasteiger partial charge >= 0.3 is 0 Å². The first-order chi connectivity index (χ1) is 6.45. The van der Waals surface area contributed by atoms with Crippen LogP contribution in [0.3, 0.4) is 0 Å². The van der Waals surface area contributed by atoms with Gasteiger partial charge in [0.25, 0.3) is 0 Å². The quantitative estimate of drug-likeness (QED) is 0.782. The van der Waals surface area contributed by atoms with Gasteiger partial charge in [0.05, 0.1) is 5.84 Å². The van der Waals surface area contributed by atoms with Crippen LogP contribution in [0.15, 0.2) is 21.8 Å². The molecular weight excluding hydrogens is 180 g/mol. The Morgan fingerprint density at radius 2 is 2.54 bits per heavy atom. The summed E-state index contributed by atoms with van der Waals surface area (Å²) in [7, 11) is 0. The number of hydrogen-bond donors (Lipinski definition) is 1. The lowest BCUT2D eigenvalue weighted by Crippen LogP contribution is -2.23. The molecule has 70 valence electrons. The Balaban J connectivity index is 1.69. The van der Waals surface area contributed by atoms with Crippen molar-refractivity contribution < 1.29 is 0 Å². The minimum atomic E-state index is 1.01. The smallest absolute Gasteiger partial charge is 0.0963 e. The van der Waals surface area contributed by atoms with Crippen LogP contribution in [-0.4, -0.2) is 18.9 Å². The average molecular weight is 194 g/mol. The standard InChI is InChI=1S/C10H14N2S/c1-2-10(11-5-1)12-6-3-9-4-7-13-8-9/h4,7-8H,1-3,5-6H2,(H,11,12). The van der Waals surface area contributed by atoms with Gasteiger partial charge in [0.2, 0.25) is 0 Å². The van der Waals surface area contributed by atoms with E-state index in [0.29, 0.717) is 0 Å². The van der Waals surface area contributed by atoms with E-state index in [-0.39, 0.29) is 0 Å². The highest BCUT2D eigenvalue weighted by atomic mass is 32.1. The molecule has 0 amide bonds. The topological polar surface area (TPSA) is 24.4 Å².